The second kappa shape index (κ2) is 8.35. The van der Waals surface area contributed by atoms with Crippen LogP contribution in [0.15, 0.2) is 24.3 Å². The van der Waals surface area contributed by atoms with Crippen LogP contribution >= 0.6 is 0 Å². The van der Waals surface area contributed by atoms with Gasteiger partial charge in [0.05, 0.1) is 11.4 Å². The Balaban J connectivity index is 0.000000741. The molecule has 0 atom stereocenters. The van der Waals surface area contributed by atoms with E-state index in [-0.39, 0.29) is 0 Å². The molecule has 0 spiro atoms. The maximum absolute atomic E-state index is 5.65. The Morgan fingerprint density at radius 2 is 1.37 bits per heavy atom. The van der Waals surface area contributed by atoms with Crippen LogP contribution in [-0.2, 0) is 0 Å². The highest BCUT2D eigenvalue weighted by atomic mass is 15.3. The summed E-state index contributed by atoms with van der Waals surface area (Å²) in [4.78, 5) is 0. The predicted octanol–water partition coefficient (Wildman–Crippen LogP) is 4.43. The lowest BCUT2D eigenvalue weighted by atomic mass is 10.2. The number of rotatable bonds is 1. The van der Waals surface area contributed by atoms with Crippen LogP contribution in [0.2, 0.25) is 0 Å². The highest BCUT2D eigenvalue weighted by Crippen LogP contribution is 2.17. The number of aromatic nitrogens is 2. The van der Waals surface area contributed by atoms with E-state index in [9.17, 15) is 0 Å². The lowest BCUT2D eigenvalue weighted by Gasteiger charge is -2.04. The molecule has 0 amide bonds. The first kappa shape index (κ1) is 17.2. The fourth-order valence-corrected chi connectivity index (χ4v) is 1.59. The number of anilines is 1. The van der Waals surface area contributed by atoms with Crippen molar-refractivity contribution >= 4 is 5.69 Å². The van der Waals surface area contributed by atoms with Crippen LogP contribution in [0, 0.1) is 20.8 Å². The van der Waals surface area contributed by atoms with Crippen molar-refractivity contribution in [1.29, 1.82) is 0 Å². The van der Waals surface area contributed by atoms with Gasteiger partial charge in [0.1, 0.15) is 0 Å². The molecular formula is C16H27N3. The summed E-state index contributed by atoms with van der Waals surface area (Å²) in [6.07, 6.45) is 0. The Hall–Kier alpha value is -1.77. The second-order valence-electron chi connectivity index (χ2n) is 3.80. The molecule has 0 aliphatic carbocycles. The number of nitrogens with two attached hydrogens (primary N) is 1. The van der Waals surface area contributed by atoms with Crippen LogP contribution in [0.25, 0.3) is 5.69 Å². The molecule has 0 saturated heterocycles. The SMILES string of the molecule is CC.CC.Cc1nn(-c2ccc(N)cc2)c(C)c1C. The monoisotopic (exact) mass is 261 g/mol. The van der Waals surface area contributed by atoms with Gasteiger partial charge in [0, 0.05) is 11.4 Å². The molecule has 106 valence electrons. The third kappa shape index (κ3) is 4.12. The third-order valence-electron chi connectivity index (χ3n) is 2.79. The zero-order chi connectivity index (χ0) is 15.0. The Morgan fingerprint density at radius 3 is 1.74 bits per heavy atom. The van der Waals surface area contributed by atoms with E-state index in [1.807, 2.05) is 63.6 Å². The fourth-order valence-electron chi connectivity index (χ4n) is 1.59. The van der Waals surface area contributed by atoms with Gasteiger partial charge in [-0.2, -0.15) is 5.10 Å². The average molecular weight is 261 g/mol. The van der Waals surface area contributed by atoms with E-state index in [1.54, 1.807) is 0 Å². The van der Waals surface area contributed by atoms with E-state index in [1.165, 1.54) is 11.3 Å². The molecule has 3 nitrogen and oxygen atoms in total. The van der Waals surface area contributed by atoms with Crippen LogP contribution in [0.4, 0.5) is 5.69 Å². The van der Waals surface area contributed by atoms with Gasteiger partial charge in [-0.1, -0.05) is 27.7 Å². The van der Waals surface area contributed by atoms with Crippen molar-refractivity contribution in [1.82, 2.24) is 9.78 Å². The van der Waals surface area contributed by atoms with Crippen molar-refractivity contribution in [2.24, 2.45) is 0 Å². The molecule has 0 fully saturated rings. The second-order valence-corrected chi connectivity index (χ2v) is 3.80. The molecule has 3 heteroatoms. The number of aryl methyl sites for hydroxylation is 1. The first-order valence-corrected chi connectivity index (χ1v) is 6.98. The van der Waals surface area contributed by atoms with Gasteiger partial charge in [0.15, 0.2) is 0 Å². The molecule has 19 heavy (non-hydrogen) atoms. The van der Waals surface area contributed by atoms with E-state index >= 15 is 0 Å². The minimum absolute atomic E-state index is 0.775. The lowest BCUT2D eigenvalue weighted by Crippen LogP contribution is -1.99. The van der Waals surface area contributed by atoms with Crippen LogP contribution in [-0.4, -0.2) is 9.78 Å². The summed E-state index contributed by atoms with van der Waals surface area (Å²) >= 11 is 0. The lowest BCUT2D eigenvalue weighted by molar-refractivity contribution is 0.833. The van der Waals surface area contributed by atoms with Crippen molar-refractivity contribution in [2.75, 3.05) is 5.73 Å². The fraction of sp³-hybridized carbons (Fsp3) is 0.438. The molecule has 0 saturated carbocycles. The Labute approximate surface area is 117 Å². The van der Waals surface area contributed by atoms with Crippen LogP contribution in [0.3, 0.4) is 0 Å². The number of nitrogens with zero attached hydrogens (tertiary/aromatic N) is 2. The van der Waals surface area contributed by atoms with Crippen molar-refractivity contribution in [3.8, 4) is 5.69 Å². The van der Waals surface area contributed by atoms with Crippen molar-refractivity contribution in [3.05, 3.63) is 41.2 Å². The van der Waals surface area contributed by atoms with Crippen molar-refractivity contribution < 1.29 is 0 Å². The Morgan fingerprint density at radius 1 is 0.895 bits per heavy atom. The molecule has 2 aromatic rings. The maximum atomic E-state index is 5.65. The summed E-state index contributed by atoms with van der Waals surface area (Å²) in [5.74, 6) is 0. The van der Waals surface area contributed by atoms with Gasteiger partial charge >= 0.3 is 0 Å². The molecule has 2 N–H and O–H groups in total. The van der Waals surface area contributed by atoms with E-state index in [4.69, 9.17) is 5.73 Å². The van der Waals surface area contributed by atoms with Crippen LogP contribution in [0.1, 0.15) is 44.6 Å². The Kier molecular flexibility index (Phi) is 7.57. The first-order valence-electron chi connectivity index (χ1n) is 6.98. The van der Waals surface area contributed by atoms with Crippen molar-refractivity contribution in [3.63, 3.8) is 0 Å². The molecule has 1 heterocycles. The molecule has 1 aromatic carbocycles. The molecule has 0 unspecified atom stereocenters. The van der Waals surface area contributed by atoms with E-state index in [0.717, 1.165) is 17.1 Å². The summed E-state index contributed by atoms with van der Waals surface area (Å²) in [6.45, 7) is 14.2. The molecule has 0 bridgehead atoms. The summed E-state index contributed by atoms with van der Waals surface area (Å²) in [6, 6.07) is 7.74. The van der Waals surface area contributed by atoms with Gasteiger partial charge in [-0.05, 0) is 50.6 Å². The minimum atomic E-state index is 0.775. The summed E-state index contributed by atoms with van der Waals surface area (Å²) < 4.78 is 1.95. The predicted molar refractivity (Wildman–Crippen MR) is 84.9 cm³/mol. The van der Waals surface area contributed by atoms with E-state index < -0.39 is 0 Å². The quantitative estimate of drug-likeness (QED) is 0.772. The van der Waals surface area contributed by atoms with Crippen LogP contribution in [0.5, 0.6) is 0 Å². The van der Waals surface area contributed by atoms with Crippen LogP contribution < -0.4 is 5.73 Å². The van der Waals surface area contributed by atoms with E-state index in [2.05, 4.69) is 18.9 Å². The zero-order valence-electron chi connectivity index (χ0n) is 13.3. The molecule has 1 aromatic heterocycles. The normalized spacial score (nSPS) is 9.00. The summed E-state index contributed by atoms with van der Waals surface area (Å²) in [7, 11) is 0. The first-order chi connectivity index (χ1) is 9.09. The molecule has 0 aliphatic rings. The van der Waals surface area contributed by atoms with Gasteiger partial charge in [0.25, 0.3) is 0 Å². The number of hydrogen-bond acceptors (Lipinski definition) is 2. The number of hydrogen-bond donors (Lipinski definition) is 1. The summed E-state index contributed by atoms with van der Waals surface area (Å²) in [5, 5.41) is 4.49. The highest BCUT2D eigenvalue weighted by Gasteiger charge is 2.07. The third-order valence-corrected chi connectivity index (χ3v) is 2.79. The van der Waals surface area contributed by atoms with Gasteiger partial charge < -0.3 is 5.73 Å². The van der Waals surface area contributed by atoms with Crippen molar-refractivity contribution in [2.45, 2.75) is 48.5 Å². The summed E-state index contributed by atoms with van der Waals surface area (Å²) in [5.41, 5.74) is 11.0. The number of benzene rings is 1. The molecule has 2 rings (SSSR count). The zero-order valence-corrected chi connectivity index (χ0v) is 13.3. The molecular weight excluding hydrogens is 234 g/mol. The standard InChI is InChI=1S/C12H15N3.2C2H6/c1-8-9(2)14-15(10(8)3)12-6-4-11(13)5-7-12;2*1-2/h4-7H,13H2,1-3H3;2*1-2H3. The van der Waals surface area contributed by atoms with Gasteiger partial charge in [-0.3, -0.25) is 0 Å². The van der Waals surface area contributed by atoms with Gasteiger partial charge in [-0.25, -0.2) is 4.68 Å². The Bertz CT molecular complexity index is 481. The van der Waals surface area contributed by atoms with E-state index in [0.29, 0.717) is 0 Å². The average Bonchev–Trinajstić information content (AvgIpc) is 2.72. The smallest absolute Gasteiger partial charge is 0.0650 e. The molecule has 0 aliphatic heterocycles. The minimum Gasteiger partial charge on any atom is -0.399 e. The van der Waals surface area contributed by atoms with Gasteiger partial charge in [0.2, 0.25) is 0 Å². The topological polar surface area (TPSA) is 43.8 Å². The number of nitrogen functional groups attached to an aromatic ring is 1. The molecule has 0 radical (unpaired) electrons. The highest BCUT2D eigenvalue weighted by molar-refractivity contribution is 5.46. The largest absolute Gasteiger partial charge is 0.399 e. The maximum Gasteiger partial charge on any atom is 0.0650 e. The van der Waals surface area contributed by atoms with Gasteiger partial charge in [-0.15, -0.1) is 0 Å².